The van der Waals surface area contributed by atoms with Crippen molar-refractivity contribution in [3.63, 3.8) is 0 Å². The smallest absolute Gasteiger partial charge is 0.325 e. The Morgan fingerprint density at radius 1 is 1.70 bits per heavy atom. The highest BCUT2D eigenvalue weighted by Crippen LogP contribution is 2.50. The largest absolute Gasteiger partial charge is 0.480 e. The van der Waals surface area contributed by atoms with Gasteiger partial charge in [0.2, 0.25) is 0 Å². The normalized spacial score (nSPS) is 37.2. The molecule has 1 rings (SSSR count). The molecule has 0 bridgehead atoms. The Balaban J connectivity index is 2.65. The average Bonchev–Trinajstić information content (AvgIpc) is 2.43. The third-order valence-corrected chi connectivity index (χ3v) is 2.32. The zero-order valence-electron chi connectivity index (χ0n) is 5.43. The molecule has 3 nitrogen and oxygen atoms in total. The van der Waals surface area contributed by atoms with Gasteiger partial charge in [-0.1, -0.05) is 0 Å². The summed E-state index contributed by atoms with van der Waals surface area (Å²) in [4.78, 5) is 19.6. The number of carbonyl (C=O) groups is 2. The monoisotopic (exact) mass is 162 g/mol. The molecule has 10 heavy (non-hydrogen) atoms. The lowest BCUT2D eigenvalue weighted by Gasteiger charge is -1.97. The average molecular weight is 163 g/mol. The number of Topliss-reactive ketones (excluding diaryl/α,β-unsaturated/α-hetero) is 1. The van der Waals surface area contributed by atoms with Crippen LogP contribution in [0, 0.1) is 5.92 Å². The van der Waals surface area contributed by atoms with E-state index in [0.29, 0.717) is 0 Å². The Morgan fingerprint density at radius 3 is 2.30 bits per heavy atom. The predicted molar refractivity (Wildman–Crippen MR) is 35.0 cm³/mol. The lowest BCUT2D eigenvalue weighted by molar-refractivity contribution is -0.138. The first-order chi connectivity index (χ1) is 4.48. The maximum Gasteiger partial charge on any atom is 0.325 e. The van der Waals surface area contributed by atoms with Gasteiger partial charge in [0.25, 0.3) is 0 Å². The topological polar surface area (TPSA) is 54.4 Å². The molecule has 1 aliphatic rings. The molecular formula is C6H7ClO3. The molecule has 1 fully saturated rings. The van der Waals surface area contributed by atoms with Crippen LogP contribution in [-0.4, -0.2) is 21.7 Å². The summed E-state index contributed by atoms with van der Waals surface area (Å²) in [6, 6.07) is 0. The summed E-state index contributed by atoms with van der Waals surface area (Å²) < 4.78 is 0. The summed E-state index contributed by atoms with van der Waals surface area (Å²) in [5.74, 6) is -1.70. The van der Waals surface area contributed by atoms with Gasteiger partial charge in [-0.15, -0.1) is 11.6 Å². The van der Waals surface area contributed by atoms with Crippen LogP contribution in [0.3, 0.4) is 0 Å². The van der Waals surface area contributed by atoms with Crippen LogP contribution in [0.4, 0.5) is 0 Å². The second-order valence-electron chi connectivity index (χ2n) is 2.53. The van der Waals surface area contributed by atoms with E-state index in [9.17, 15) is 9.59 Å². The number of carbonyl (C=O) groups excluding carboxylic acids is 1. The molecule has 0 amide bonds. The van der Waals surface area contributed by atoms with Crippen molar-refractivity contribution < 1.29 is 14.7 Å². The molecule has 1 N–H and O–H groups in total. The summed E-state index contributed by atoms with van der Waals surface area (Å²) in [6.07, 6.45) is 0.277. The number of halogens is 1. The van der Waals surface area contributed by atoms with Crippen LogP contribution in [-0.2, 0) is 9.59 Å². The van der Waals surface area contributed by atoms with Crippen LogP contribution in [0.5, 0.6) is 0 Å². The van der Waals surface area contributed by atoms with Crippen molar-refractivity contribution in [1.82, 2.24) is 0 Å². The standard InChI is InChI=1S/C6H7ClO3/c1-3(8)4-2-6(4,7)5(9)10/h4H,2H2,1H3,(H,9,10). The van der Waals surface area contributed by atoms with Crippen molar-refractivity contribution in [2.45, 2.75) is 18.2 Å². The van der Waals surface area contributed by atoms with Crippen molar-refractivity contribution in [2.75, 3.05) is 0 Å². The molecule has 4 heteroatoms. The van der Waals surface area contributed by atoms with E-state index in [1.807, 2.05) is 0 Å². The lowest BCUT2D eigenvalue weighted by Crippen LogP contribution is -2.19. The maximum atomic E-state index is 10.6. The number of aliphatic carboxylic acids is 1. The summed E-state index contributed by atoms with van der Waals surface area (Å²) in [6.45, 7) is 1.36. The van der Waals surface area contributed by atoms with Crippen LogP contribution < -0.4 is 0 Å². The van der Waals surface area contributed by atoms with Gasteiger partial charge in [-0.2, -0.15) is 0 Å². The van der Waals surface area contributed by atoms with E-state index in [1.54, 1.807) is 0 Å². The van der Waals surface area contributed by atoms with Crippen LogP contribution >= 0.6 is 11.6 Å². The molecule has 0 aromatic carbocycles. The molecule has 56 valence electrons. The van der Waals surface area contributed by atoms with Crippen molar-refractivity contribution in [2.24, 2.45) is 5.92 Å². The number of rotatable bonds is 2. The Bertz CT molecular complexity index is 201. The minimum Gasteiger partial charge on any atom is -0.480 e. The Hall–Kier alpha value is -0.570. The summed E-state index contributed by atoms with van der Waals surface area (Å²) in [5.41, 5.74) is 0. The van der Waals surface area contributed by atoms with E-state index >= 15 is 0 Å². The quantitative estimate of drug-likeness (QED) is 0.607. The molecule has 2 unspecified atom stereocenters. The van der Waals surface area contributed by atoms with Gasteiger partial charge in [0, 0.05) is 5.92 Å². The molecule has 2 atom stereocenters. The molecule has 0 aromatic rings. The predicted octanol–water partition coefficient (Wildman–Crippen LogP) is 0.657. The van der Waals surface area contributed by atoms with E-state index < -0.39 is 16.8 Å². The lowest BCUT2D eigenvalue weighted by atomic mass is 10.2. The number of alkyl halides is 1. The Labute approximate surface area is 63.0 Å². The second-order valence-corrected chi connectivity index (χ2v) is 3.21. The van der Waals surface area contributed by atoms with Crippen molar-refractivity contribution in [3.05, 3.63) is 0 Å². The van der Waals surface area contributed by atoms with E-state index in [0.717, 1.165) is 0 Å². The van der Waals surface area contributed by atoms with Gasteiger partial charge in [0.1, 0.15) is 5.78 Å². The highest BCUT2D eigenvalue weighted by molar-refractivity contribution is 6.38. The van der Waals surface area contributed by atoms with E-state index in [1.165, 1.54) is 6.92 Å². The van der Waals surface area contributed by atoms with Gasteiger partial charge in [-0.3, -0.25) is 9.59 Å². The van der Waals surface area contributed by atoms with E-state index in [2.05, 4.69) is 0 Å². The van der Waals surface area contributed by atoms with Crippen LogP contribution in [0.15, 0.2) is 0 Å². The van der Waals surface area contributed by atoms with Gasteiger partial charge in [0.05, 0.1) is 0 Å². The summed E-state index contributed by atoms with van der Waals surface area (Å²) >= 11 is 5.52. The van der Waals surface area contributed by atoms with Gasteiger partial charge < -0.3 is 5.11 Å². The fourth-order valence-electron chi connectivity index (χ4n) is 0.940. The van der Waals surface area contributed by atoms with Gasteiger partial charge in [-0.25, -0.2) is 0 Å². The fraction of sp³-hybridized carbons (Fsp3) is 0.667. The SMILES string of the molecule is CC(=O)C1CC1(Cl)C(=O)O. The molecule has 0 aromatic heterocycles. The van der Waals surface area contributed by atoms with Gasteiger partial charge >= 0.3 is 5.97 Å². The van der Waals surface area contributed by atoms with Crippen molar-refractivity contribution in [3.8, 4) is 0 Å². The molecule has 1 aliphatic carbocycles. The van der Waals surface area contributed by atoms with E-state index in [4.69, 9.17) is 16.7 Å². The van der Waals surface area contributed by atoms with Crippen LogP contribution in [0.1, 0.15) is 13.3 Å². The Kier molecular flexibility index (Phi) is 1.47. The number of hydrogen-bond donors (Lipinski definition) is 1. The molecule has 1 saturated carbocycles. The zero-order chi connectivity index (χ0) is 7.94. The maximum absolute atomic E-state index is 10.6. The summed E-state index contributed by atoms with van der Waals surface area (Å²) in [5, 5.41) is 8.45. The number of carboxylic acids is 1. The third kappa shape index (κ3) is 0.904. The molecule has 0 saturated heterocycles. The van der Waals surface area contributed by atoms with Crippen molar-refractivity contribution >= 4 is 23.4 Å². The Morgan fingerprint density at radius 2 is 2.20 bits per heavy atom. The summed E-state index contributed by atoms with van der Waals surface area (Å²) in [7, 11) is 0. The minimum atomic E-state index is -1.27. The number of carboxylic acid groups (broad SMARTS) is 1. The van der Waals surface area contributed by atoms with E-state index in [-0.39, 0.29) is 12.2 Å². The van der Waals surface area contributed by atoms with Crippen LogP contribution in [0.2, 0.25) is 0 Å². The zero-order valence-corrected chi connectivity index (χ0v) is 6.18. The van der Waals surface area contributed by atoms with Crippen molar-refractivity contribution in [1.29, 1.82) is 0 Å². The molecule has 0 spiro atoms. The van der Waals surface area contributed by atoms with Gasteiger partial charge in [-0.05, 0) is 13.3 Å². The molecule has 0 heterocycles. The van der Waals surface area contributed by atoms with Gasteiger partial charge in [0.15, 0.2) is 4.87 Å². The fourth-order valence-corrected chi connectivity index (χ4v) is 1.25. The van der Waals surface area contributed by atoms with Crippen LogP contribution in [0.25, 0.3) is 0 Å². The molecule has 0 radical (unpaired) electrons. The highest BCUT2D eigenvalue weighted by Gasteiger charge is 2.61. The number of ketones is 1. The first-order valence-corrected chi connectivity index (χ1v) is 3.29. The molecule has 0 aliphatic heterocycles. The third-order valence-electron chi connectivity index (χ3n) is 1.74. The highest BCUT2D eigenvalue weighted by atomic mass is 35.5. The number of hydrogen-bond acceptors (Lipinski definition) is 2. The first kappa shape index (κ1) is 7.54. The second kappa shape index (κ2) is 1.95. The minimum absolute atomic E-state index is 0.141. The molecular weight excluding hydrogens is 156 g/mol. The first-order valence-electron chi connectivity index (χ1n) is 2.91.